The fourth-order valence-corrected chi connectivity index (χ4v) is 2.16. The van der Waals surface area contributed by atoms with Crippen LogP contribution in [-0.4, -0.2) is 37.0 Å². The van der Waals surface area contributed by atoms with Crippen molar-refractivity contribution in [2.24, 2.45) is 11.8 Å². The molecule has 0 amide bonds. The minimum absolute atomic E-state index is 0.713. The summed E-state index contributed by atoms with van der Waals surface area (Å²) in [6.45, 7) is 9.25. The van der Waals surface area contributed by atoms with E-state index in [-0.39, 0.29) is 0 Å². The van der Waals surface area contributed by atoms with Gasteiger partial charge in [0.2, 0.25) is 0 Å². The number of hydrogen-bond acceptors (Lipinski definition) is 1. The highest BCUT2D eigenvalue weighted by Crippen LogP contribution is 2.15. The van der Waals surface area contributed by atoms with Gasteiger partial charge >= 0.3 is 0 Å². The topological polar surface area (TPSA) is 15.0 Å². The molecule has 0 aromatic carbocycles. The molecule has 1 N–H and O–H groups in total. The lowest BCUT2D eigenvalue weighted by Crippen LogP contribution is -2.27. The summed E-state index contributed by atoms with van der Waals surface area (Å²) < 4.78 is 2.33. The van der Waals surface area contributed by atoms with E-state index in [1.54, 1.807) is 0 Å². The van der Waals surface area contributed by atoms with Crippen LogP contribution in [0, 0.1) is 11.8 Å². The Kier molecular flexibility index (Phi) is 4.59. The largest absolute Gasteiger partial charge is 0.313 e. The maximum absolute atomic E-state index is 3.56. The summed E-state index contributed by atoms with van der Waals surface area (Å²) in [5.41, 5.74) is 0. The molecule has 14 heavy (non-hydrogen) atoms. The van der Waals surface area contributed by atoms with Gasteiger partial charge in [0.25, 0.3) is 0 Å². The van der Waals surface area contributed by atoms with Gasteiger partial charge < -0.3 is 5.32 Å². The molecule has 2 heteroatoms. The Morgan fingerprint density at radius 2 is 2.21 bits per heavy atom. The summed E-state index contributed by atoms with van der Waals surface area (Å²) in [5, 5.41) is 3.56. The standard InChI is InChI=1S/C12H25N2/c1-10(2)9-14(4)8-6-12-11(3)5-7-13-12/h8,10-13H,5-7,9H2,1-4H3/q+1/b14-8+/t11?,12-/m0/s1. The SMILES string of the molecule is CC(C)C/[N+](C)=C/C[C@@H]1NCCC1C. The molecule has 0 bridgehead atoms. The third-order valence-electron chi connectivity index (χ3n) is 3.02. The molecular formula is C12H25N2+. The van der Waals surface area contributed by atoms with E-state index in [2.05, 4.69) is 43.9 Å². The minimum atomic E-state index is 0.713. The Balaban J connectivity index is 2.30. The summed E-state index contributed by atoms with van der Waals surface area (Å²) in [6, 6.07) is 0.713. The smallest absolute Gasteiger partial charge is 0.144 e. The van der Waals surface area contributed by atoms with Crippen molar-refractivity contribution in [3.05, 3.63) is 0 Å². The van der Waals surface area contributed by atoms with Crippen molar-refractivity contribution < 1.29 is 4.58 Å². The Morgan fingerprint density at radius 1 is 1.50 bits per heavy atom. The van der Waals surface area contributed by atoms with Crippen LogP contribution in [0.2, 0.25) is 0 Å². The third kappa shape index (κ3) is 3.79. The van der Waals surface area contributed by atoms with Gasteiger partial charge in [-0.1, -0.05) is 20.8 Å². The average Bonchev–Trinajstić information content (AvgIpc) is 2.46. The van der Waals surface area contributed by atoms with Gasteiger partial charge in [0, 0.05) is 18.4 Å². The first-order valence-corrected chi connectivity index (χ1v) is 5.86. The van der Waals surface area contributed by atoms with Crippen molar-refractivity contribution in [1.82, 2.24) is 5.32 Å². The number of hydrogen-bond donors (Lipinski definition) is 1. The van der Waals surface area contributed by atoms with Gasteiger partial charge in [0.05, 0.1) is 0 Å². The highest BCUT2D eigenvalue weighted by molar-refractivity contribution is 5.52. The summed E-state index contributed by atoms with van der Waals surface area (Å²) in [6.07, 6.45) is 4.87. The first-order chi connectivity index (χ1) is 6.59. The van der Waals surface area contributed by atoms with Crippen LogP contribution in [0.1, 0.15) is 33.6 Å². The van der Waals surface area contributed by atoms with E-state index in [1.807, 2.05) is 0 Å². The maximum atomic E-state index is 3.56. The summed E-state index contributed by atoms with van der Waals surface area (Å²) >= 11 is 0. The van der Waals surface area contributed by atoms with Gasteiger partial charge in [-0.05, 0) is 18.9 Å². The van der Waals surface area contributed by atoms with Crippen LogP contribution in [0.15, 0.2) is 0 Å². The molecule has 0 radical (unpaired) electrons. The third-order valence-corrected chi connectivity index (χ3v) is 3.02. The van der Waals surface area contributed by atoms with E-state index in [9.17, 15) is 0 Å². The molecule has 1 aliphatic heterocycles. The molecule has 0 saturated carbocycles. The lowest BCUT2D eigenvalue weighted by Gasteiger charge is -2.11. The number of rotatable bonds is 4. The fourth-order valence-electron chi connectivity index (χ4n) is 2.16. The molecule has 0 aromatic heterocycles. The molecule has 1 aliphatic rings. The quantitative estimate of drug-likeness (QED) is 0.536. The lowest BCUT2D eigenvalue weighted by atomic mass is 10.0. The van der Waals surface area contributed by atoms with Crippen LogP contribution in [0.4, 0.5) is 0 Å². The van der Waals surface area contributed by atoms with Gasteiger partial charge in [-0.15, -0.1) is 0 Å². The second-order valence-corrected chi connectivity index (χ2v) is 5.08. The summed E-state index contributed by atoms with van der Waals surface area (Å²) in [4.78, 5) is 0. The Hall–Kier alpha value is -0.370. The summed E-state index contributed by atoms with van der Waals surface area (Å²) in [7, 11) is 2.18. The molecule has 1 saturated heterocycles. The van der Waals surface area contributed by atoms with Crippen LogP contribution in [0.5, 0.6) is 0 Å². The molecule has 0 aliphatic carbocycles. The molecule has 1 unspecified atom stereocenters. The van der Waals surface area contributed by atoms with Crippen LogP contribution >= 0.6 is 0 Å². The minimum Gasteiger partial charge on any atom is -0.313 e. The van der Waals surface area contributed by atoms with Crippen molar-refractivity contribution in [3.8, 4) is 0 Å². The van der Waals surface area contributed by atoms with E-state index < -0.39 is 0 Å². The molecule has 2 nitrogen and oxygen atoms in total. The zero-order valence-corrected chi connectivity index (χ0v) is 10.1. The van der Waals surface area contributed by atoms with E-state index in [1.165, 1.54) is 25.9 Å². The van der Waals surface area contributed by atoms with E-state index >= 15 is 0 Å². The molecule has 2 atom stereocenters. The van der Waals surface area contributed by atoms with Crippen LogP contribution in [0.25, 0.3) is 0 Å². The lowest BCUT2D eigenvalue weighted by molar-refractivity contribution is -0.500. The van der Waals surface area contributed by atoms with E-state index in [0.717, 1.165) is 11.8 Å². The van der Waals surface area contributed by atoms with E-state index in [4.69, 9.17) is 0 Å². The van der Waals surface area contributed by atoms with Crippen molar-refractivity contribution in [2.45, 2.75) is 39.7 Å². The Bertz CT molecular complexity index is 196. The Labute approximate surface area is 88.4 Å². The van der Waals surface area contributed by atoms with Gasteiger partial charge in [0.1, 0.15) is 19.8 Å². The maximum Gasteiger partial charge on any atom is 0.144 e. The second-order valence-electron chi connectivity index (χ2n) is 5.08. The van der Waals surface area contributed by atoms with Crippen molar-refractivity contribution in [2.75, 3.05) is 20.1 Å². The van der Waals surface area contributed by atoms with E-state index in [0.29, 0.717) is 6.04 Å². The van der Waals surface area contributed by atoms with Gasteiger partial charge in [0.15, 0.2) is 0 Å². The van der Waals surface area contributed by atoms with Crippen molar-refractivity contribution >= 4 is 6.21 Å². The predicted molar refractivity (Wildman–Crippen MR) is 62.1 cm³/mol. The molecular weight excluding hydrogens is 172 g/mol. The second kappa shape index (κ2) is 5.50. The van der Waals surface area contributed by atoms with Gasteiger partial charge in [-0.2, -0.15) is 0 Å². The zero-order valence-electron chi connectivity index (χ0n) is 10.1. The highest BCUT2D eigenvalue weighted by Gasteiger charge is 2.22. The normalized spacial score (nSPS) is 28.8. The number of nitrogens with one attached hydrogen (secondary N) is 1. The van der Waals surface area contributed by atoms with Crippen LogP contribution in [0.3, 0.4) is 0 Å². The molecule has 1 heterocycles. The van der Waals surface area contributed by atoms with Gasteiger partial charge in [-0.3, -0.25) is 0 Å². The Morgan fingerprint density at radius 3 is 2.71 bits per heavy atom. The number of nitrogens with zero attached hydrogens (tertiary/aromatic N) is 1. The molecule has 82 valence electrons. The molecule has 1 fully saturated rings. The van der Waals surface area contributed by atoms with Crippen molar-refractivity contribution in [1.29, 1.82) is 0 Å². The molecule has 0 aromatic rings. The predicted octanol–water partition coefficient (Wildman–Crippen LogP) is 1.74. The van der Waals surface area contributed by atoms with Gasteiger partial charge in [-0.25, -0.2) is 4.58 Å². The average molecular weight is 197 g/mol. The molecule has 1 rings (SSSR count). The monoisotopic (exact) mass is 197 g/mol. The van der Waals surface area contributed by atoms with Crippen LogP contribution < -0.4 is 5.32 Å². The highest BCUT2D eigenvalue weighted by atomic mass is 15.0. The van der Waals surface area contributed by atoms with Crippen molar-refractivity contribution in [3.63, 3.8) is 0 Å². The van der Waals surface area contributed by atoms with Crippen LogP contribution in [-0.2, 0) is 0 Å². The fraction of sp³-hybridized carbons (Fsp3) is 0.917. The molecule has 0 spiro atoms. The zero-order chi connectivity index (χ0) is 10.6. The first kappa shape index (κ1) is 11.7. The summed E-state index contributed by atoms with van der Waals surface area (Å²) in [5.74, 6) is 1.60. The first-order valence-electron chi connectivity index (χ1n) is 5.86.